The van der Waals surface area contributed by atoms with Crippen LogP contribution >= 0.6 is 0 Å². The average Bonchev–Trinajstić information content (AvgIpc) is 1.98. The second-order valence-electron chi connectivity index (χ2n) is 2.59. The van der Waals surface area contributed by atoms with E-state index in [4.69, 9.17) is 4.12 Å². The Morgan fingerprint density at radius 2 is 2.50 bits per heavy atom. The van der Waals surface area contributed by atoms with Crippen molar-refractivity contribution < 1.29 is 4.12 Å². The monoisotopic (exact) mass is 174 g/mol. The van der Waals surface area contributed by atoms with Crippen LogP contribution in [0.25, 0.3) is 0 Å². The van der Waals surface area contributed by atoms with Gasteiger partial charge in [0.1, 0.15) is 10.5 Å². The highest BCUT2D eigenvalue weighted by Gasteiger charge is 2.01. The molecule has 0 bridgehead atoms. The molecule has 0 N–H and O–H groups in total. The molecule has 0 aliphatic rings. The van der Waals surface area contributed by atoms with Crippen molar-refractivity contribution in [3.05, 3.63) is 12.7 Å². The molecular weight excluding hydrogens is 156 g/mol. The minimum Gasteiger partial charge on any atom is -0.468 e. The molecule has 0 rings (SSSR count). The van der Waals surface area contributed by atoms with Gasteiger partial charge in [-0.25, -0.2) is 0 Å². The van der Waals surface area contributed by atoms with E-state index in [-0.39, 0.29) is 9.76 Å². The van der Waals surface area contributed by atoms with Crippen molar-refractivity contribution in [3.63, 3.8) is 0 Å². The zero-order chi connectivity index (χ0) is 7.82. The van der Waals surface area contributed by atoms with Gasteiger partial charge < -0.3 is 4.12 Å². The number of rotatable bonds is 6. The van der Waals surface area contributed by atoms with Gasteiger partial charge in [0, 0.05) is 0 Å². The Kier molecular flexibility index (Phi) is 7.34. The fourth-order valence-corrected chi connectivity index (χ4v) is 3.25. The molecule has 0 aliphatic carbocycles. The summed E-state index contributed by atoms with van der Waals surface area (Å²) in [4.78, 5) is 0. The summed E-state index contributed by atoms with van der Waals surface area (Å²) in [7, 11) is 0.673. The van der Waals surface area contributed by atoms with Gasteiger partial charge in [-0.2, -0.15) is 0 Å². The van der Waals surface area contributed by atoms with Crippen LogP contribution in [0.2, 0.25) is 5.54 Å². The second kappa shape index (κ2) is 7.24. The molecule has 60 valence electrons. The largest absolute Gasteiger partial charge is 0.468 e. The van der Waals surface area contributed by atoms with E-state index in [0.717, 1.165) is 16.0 Å². The van der Waals surface area contributed by atoms with E-state index in [2.05, 4.69) is 19.6 Å². The molecule has 10 heavy (non-hydrogen) atoms. The van der Waals surface area contributed by atoms with E-state index in [9.17, 15) is 0 Å². The van der Waals surface area contributed by atoms with Gasteiger partial charge in [0.25, 0.3) is 0 Å². The van der Waals surface area contributed by atoms with Gasteiger partial charge in [0.05, 0.1) is 0 Å². The van der Waals surface area contributed by atoms with Crippen molar-refractivity contribution in [1.82, 2.24) is 0 Å². The predicted molar refractivity (Wildman–Crippen MR) is 53.0 cm³/mol. The highest BCUT2D eigenvalue weighted by atomic mass is 28.3. The quantitative estimate of drug-likeness (QED) is 0.422. The van der Waals surface area contributed by atoms with Crippen molar-refractivity contribution in [3.8, 4) is 0 Å². The van der Waals surface area contributed by atoms with Gasteiger partial charge in [-0.05, 0) is 12.0 Å². The van der Waals surface area contributed by atoms with Crippen molar-refractivity contribution in [2.24, 2.45) is 0 Å². The molecule has 0 saturated heterocycles. The maximum atomic E-state index is 5.30. The summed E-state index contributed by atoms with van der Waals surface area (Å²) in [5.74, 6) is 0. The second-order valence-corrected chi connectivity index (χ2v) is 6.28. The molecule has 3 heteroatoms. The lowest BCUT2D eigenvalue weighted by Gasteiger charge is -2.08. The Morgan fingerprint density at radius 3 is 2.90 bits per heavy atom. The molecule has 0 aromatic rings. The van der Waals surface area contributed by atoms with Gasteiger partial charge in [-0.15, -0.1) is 6.58 Å². The Balaban J connectivity index is 3.29. The first kappa shape index (κ1) is 10.1. The Morgan fingerprint density at radius 1 is 1.80 bits per heavy atom. The highest BCUT2D eigenvalue weighted by Crippen LogP contribution is 2.13. The van der Waals surface area contributed by atoms with Crippen LogP contribution in [0.1, 0.15) is 26.2 Å². The third-order valence-corrected chi connectivity index (χ3v) is 4.15. The van der Waals surface area contributed by atoms with Crippen LogP contribution in [0.3, 0.4) is 0 Å². The first-order valence-corrected chi connectivity index (χ1v) is 6.17. The minimum atomic E-state index is -0.241. The van der Waals surface area contributed by atoms with E-state index >= 15 is 0 Å². The van der Waals surface area contributed by atoms with Crippen LogP contribution in [0.5, 0.6) is 0 Å². The molecule has 0 amide bonds. The Bertz CT molecular complexity index is 85.7. The summed E-state index contributed by atoms with van der Waals surface area (Å²) >= 11 is 0. The molecule has 0 fully saturated rings. The molecule has 1 unspecified atom stereocenters. The molecular formula is C7H18OSi2. The molecule has 0 aromatic heterocycles. The lowest BCUT2D eigenvalue weighted by molar-refractivity contribution is 0.622. The van der Waals surface area contributed by atoms with Gasteiger partial charge in [-0.1, -0.05) is 25.8 Å². The summed E-state index contributed by atoms with van der Waals surface area (Å²) < 4.78 is 5.30. The normalized spacial score (nSPS) is 14.5. The fourth-order valence-electron chi connectivity index (χ4n) is 0.950. The maximum Gasteiger partial charge on any atom is 0.152 e. The van der Waals surface area contributed by atoms with Crippen LogP contribution in [0, 0.1) is 0 Å². The van der Waals surface area contributed by atoms with Crippen LogP contribution in [-0.4, -0.2) is 20.2 Å². The summed E-state index contributed by atoms with van der Waals surface area (Å²) in [5, 5.41) is 0. The van der Waals surface area contributed by atoms with Crippen LogP contribution in [0.4, 0.5) is 0 Å². The molecule has 0 aromatic carbocycles. The number of allylic oxidation sites excluding steroid dienone is 1. The van der Waals surface area contributed by atoms with Crippen LogP contribution in [-0.2, 0) is 4.12 Å². The standard InChI is InChI=1S/C7H18OSi2/c1-3-5-6-7(4-2)10-8-9/h4,7H,2-3,5-6,10H2,1,9H3. The van der Waals surface area contributed by atoms with Crippen molar-refractivity contribution in [2.45, 2.75) is 31.7 Å². The molecule has 0 saturated carbocycles. The molecule has 1 atom stereocenters. The molecule has 0 heterocycles. The average molecular weight is 174 g/mol. The number of hydrogen-bond acceptors (Lipinski definition) is 1. The van der Waals surface area contributed by atoms with Crippen molar-refractivity contribution in [1.29, 1.82) is 0 Å². The van der Waals surface area contributed by atoms with E-state index in [0.29, 0.717) is 0 Å². The van der Waals surface area contributed by atoms with Crippen molar-refractivity contribution in [2.75, 3.05) is 0 Å². The summed E-state index contributed by atoms with van der Waals surface area (Å²) in [5.41, 5.74) is 0.734. The van der Waals surface area contributed by atoms with Gasteiger partial charge in [0.15, 0.2) is 9.76 Å². The van der Waals surface area contributed by atoms with Gasteiger partial charge in [0.2, 0.25) is 0 Å². The summed E-state index contributed by atoms with van der Waals surface area (Å²) in [6.45, 7) is 6.03. The molecule has 1 nitrogen and oxygen atoms in total. The number of unbranched alkanes of at least 4 members (excludes halogenated alkanes) is 1. The fraction of sp³-hybridized carbons (Fsp3) is 0.714. The third kappa shape index (κ3) is 4.96. The molecule has 0 spiro atoms. The van der Waals surface area contributed by atoms with E-state index in [1.807, 2.05) is 0 Å². The van der Waals surface area contributed by atoms with Crippen LogP contribution < -0.4 is 0 Å². The summed E-state index contributed by atoms with van der Waals surface area (Å²) in [6.07, 6.45) is 5.99. The maximum absolute atomic E-state index is 5.30. The minimum absolute atomic E-state index is 0.241. The Labute approximate surface area is 69.3 Å². The smallest absolute Gasteiger partial charge is 0.152 e. The zero-order valence-electron chi connectivity index (χ0n) is 7.10. The van der Waals surface area contributed by atoms with Crippen molar-refractivity contribution >= 4 is 20.2 Å². The van der Waals surface area contributed by atoms with Crippen LogP contribution in [0.15, 0.2) is 12.7 Å². The van der Waals surface area contributed by atoms with Gasteiger partial charge >= 0.3 is 0 Å². The lowest BCUT2D eigenvalue weighted by Crippen LogP contribution is -2.03. The number of hydrogen-bond donors (Lipinski definition) is 0. The first-order valence-electron chi connectivity index (χ1n) is 3.96. The van der Waals surface area contributed by atoms with E-state index < -0.39 is 0 Å². The third-order valence-electron chi connectivity index (χ3n) is 1.64. The predicted octanol–water partition coefficient (Wildman–Crippen LogP) is 0.532. The van der Waals surface area contributed by atoms with Gasteiger partial charge in [-0.3, -0.25) is 0 Å². The molecule has 0 aliphatic heterocycles. The van der Waals surface area contributed by atoms with E-state index in [1.54, 1.807) is 0 Å². The Hall–Kier alpha value is 0.134. The highest BCUT2D eigenvalue weighted by molar-refractivity contribution is 6.36. The lowest BCUT2D eigenvalue weighted by atomic mass is 10.2. The van der Waals surface area contributed by atoms with E-state index in [1.165, 1.54) is 19.3 Å². The SMILES string of the molecule is C=CC(CCCC)[SiH2]O[SiH3]. The molecule has 0 radical (unpaired) electrons. The first-order chi connectivity index (χ1) is 4.85. The zero-order valence-corrected chi connectivity index (χ0v) is 10.5. The topological polar surface area (TPSA) is 9.23 Å². The summed E-state index contributed by atoms with van der Waals surface area (Å²) in [6, 6.07) is 0.